The molecule has 0 bridgehead atoms. The standard InChI is InChI=1S/C19H30N6O/c26-19(25-13-11-23(12-14-25)17-3-1-2-4-17)16-22-7-9-24(10-8-22)18-15-20-5-6-21-18/h5-6,15,17H,1-4,7-14,16H2. The molecule has 26 heavy (non-hydrogen) atoms. The van der Waals surface area contributed by atoms with Gasteiger partial charge in [0.25, 0.3) is 0 Å². The molecule has 4 rings (SSSR count). The molecule has 0 spiro atoms. The third-order valence-corrected chi connectivity index (χ3v) is 6.11. The van der Waals surface area contributed by atoms with Crippen LogP contribution in [0, 0.1) is 0 Å². The van der Waals surface area contributed by atoms with Gasteiger partial charge in [0.2, 0.25) is 5.91 Å². The maximum Gasteiger partial charge on any atom is 0.236 e. The van der Waals surface area contributed by atoms with E-state index in [-0.39, 0.29) is 0 Å². The molecule has 7 heteroatoms. The van der Waals surface area contributed by atoms with Gasteiger partial charge >= 0.3 is 0 Å². The molecular formula is C19H30N6O. The van der Waals surface area contributed by atoms with E-state index in [4.69, 9.17) is 0 Å². The Balaban J connectivity index is 1.20. The second-order valence-corrected chi connectivity index (χ2v) is 7.68. The van der Waals surface area contributed by atoms with E-state index in [0.717, 1.165) is 64.2 Å². The lowest BCUT2D eigenvalue weighted by atomic mass is 10.2. The zero-order valence-electron chi connectivity index (χ0n) is 15.6. The summed E-state index contributed by atoms with van der Waals surface area (Å²) in [6, 6.07) is 0.779. The maximum absolute atomic E-state index is 12.7. The number of carbonyl (C=O) groups excluding carboxylic acids is 1. The normalized spacial score (nSPS) is 23.5. The van der Waals surface area contributed by atoms with Crippen molar-refractivity contribution in [2.24, 2.45) is 0 Å². The molecular weight excluding hydrogens is 328 g/mol. The van der Waals surface area contributed by atoms with Crippen molar-refractivity contribution in [3.8, 4) is 0 Å². The first-order chi connectivity index (χ1) is 12.8. The van der Waals surface area contributed by atoms with Crippen LogP contribution >= 0.6 is 0 Å². The molecule has 2 aliphatic heterocycles. The van der Waals surface area contributed by atoms with Gasteiger partial charge < -0.3 is 9.80 Å². The summed E-state index contributed by atoms with van der Waals surface area (Å²) in [4.78, 5) is 30.4. The van der Waals surface area contributed by atoms with Gasteiger partial charge in [0.1, 0.15) is 5.82 Å². The third-order valence-electron chi connectivity index (χ3n) is 6.11. The lowest BCUT2D eigenvalue weighted by molar-refractivity contribution is -0.134. The highest BCUT2D eigenvalue weighted by Gasteiger charge is 2.29. The van der Waals surface area contributed by atoms with Crippen molar-refractivity contribution in [1.82, 2.24) is 24.7 Å². The first kappa shape index (κ1) is 17.7. The van der Waals surface area contributed by atoms with Gasteiger partial charge in [-0.25, -0.2) is 4.98 Å². The van der Waals surface area contributed by atoms with E-state index >= 15 is 0 Å². The average Bonchev–Trinajstić information content (AvgIpc) is 3.24. The van der Waals surface area contributed by atoms with Crippen molar-refractivity contribution in [2.45, 2.75) is 31.7 Å². The lowest BCUT2D eigenvalue weighted by Crippen LogP contribution is -2.55. The van der Waals surface area contributed by atoms with Gasteiger partial charge in [0.15, 0.2) is 0 Å². The number of amides is 1. The van der Waals surface area contributed by atoms with Gasteiger partial charge in [0, 0.05) is 70.8 Å². The topological polar surface area (TPSA) is 55.8 Å². The Kier molecular flexibility index (Phi) is 5.65. The van der Waals surface area contributed by atoms with Crippen LogP contribution < -0.4 is 4.90 Å². The van der Waals surface area contributed by atoms with Crippen molar-refractivity contribution in [3.63, 3.8) is 0 Å². The molecule has 3 fully saturated rings. The number of rotatable bonds is 4. The number of hydrogen-bond donors (Lipinski definition) is 0. The smallest absolute Gasteiger partial charge is 0.236 e. The lowest BCUT2D eigenvalue weighted by Gasteiger charge is -2.39. The van der Waals surface area contributed by atoms with Gasteiger partial charge in [-0.15, -0.1) is 0 Å². The Morgan fingerprint density at radius 3 is 2.35 bits per heavy atom. The maximum atomic E-state index is 12.7. The van der Waals surface area contributed by atoms with Crippen molar-refractivity contribution < 1.29 is 4.79 Å². The van der Waals surface area contributed by atoms with Crippen LogP contribution in [0.5, 0.6) is 0 Å². The van der Waals surface area contributed by atoms with Gasteiger partial charge in [-0.1, -0.05) is 12.8 Å². The predicted molar refractivity (Wildman–Crippen MR) is 101 cm³/mol. The van der Waals surface area contributed by atoms with Crippen molar-refractivity contribution >= 4 is 11.7 Å². The molecule has 1 aromatic rings. The fourth-order valence-corrected chi connectivity index (χ4v) is 4.49. The average molecular weight is 358 g/mol. The Morgan fingerprint density at radius 2 is 1.69 bits per heavy atom. The van der Waals surface area contributed by atoms with Crippen LogP contribution in [0.1, 0.15) is 25.7 Å². The molecule has 0 N–H and O–H groups in total. The van der Waals surface area contributed by atoms with E-state index in [0.29, 0.717) is 12.5 Å². The van der Waals surface area contributed by atoms with E-state index in [1.54, 1.807) is 12.4 Å². The van der Waals surface area contributed by atoms with E-state index < -0.39 is 0 Å². The summed E-state index contributed by atoms with van der Waals surface area (Å²) in [5, 5.41) is 0. The summed E-state index contributed by atoms with van der Waals surface area (Å²) in [5.74, 6) is 1.23. The van der Waals surface area contributed by atoms with Gasteiger partial charge in [-0.3, -0.25) is 19.6 Å². The molecule has 1 saturated carbocycles. The molecule has 0 atom stereocenters. The number of hydrogen-bond acceptors (Lipinski definition) is 6. The molecule has 3 heterocycles. The van der Waals surface area contributed by atoms with E-state index in [9.17, 15) is 4.79 Å². The highest BCUT2D eigenvalue weighted by molar-refractivity contribution is 5.78. The summed E-state index contributed by atoms with van der Waals surface area (Å²) >= 11 is 0. The third kappa shape index (κ3) is 4.15. The summed E-state index contributed by atoms with van der Waals surface area (Å²) in [6.07, 6.45) is 10.7. The zero-order chi connectivity index (χ0) is 17.8. The Bertz CT molecular complexity index is 575. The molecule has 0 radical (unpaired) electrons. The van der Waals surface area contributed by atoms with Crippen molar-refractivity contribution in [1.29, 1.82) is 0 Å². The van der Waals surface area contributed by atoms with Crippen LogP contribution in [-0.2, 0) is 4.79 Å². The van der Waals surface area contributed by atoms with Crippen LogP contribution in [0.2, 0.25) is 0 Å². The van der Waals surface area contributed by atoms with Crippen LogP contribution in [-0.4, -0.2) is 95.5 Å². The highest BCUT2D eigenvalue weighted by Crippen LogP contribution is 2.24. The number of nitrogens with zero attached hydrogens (tertiary/aromatic N) is 6. The second kappa shape index (κ2) is 8.31. The highest BCUT2D eigenvalue weighted by atomic mass is 16.2. The largest absolute Gasteiger partial charge is 0.353 e. The fourth-order valence-electron chi connectivity index (χ4n) is 4.49. The minimum Gasteiger partial charge on any atom is -0.353 e. The van der Waals surface area contributed by atoms with Crippen molar-refractivity contribution in [2.75, 3.05) is 63.8 Å². The van der Waals surface area contributed by atoms with E-state index in [2.05, 4.69) is 29.6 Å². The molecule has 0 unspecified atom stereocenters. The van der Waals surface area contributed by atoms with Crippen LogP contribution in [0.3, 0.4) is 0 Å². The van der Waals surface area contributed by atoms with Crippen LogP contribution in [0.25, 0.3) is 0 Å². The molecule has 1 aliphatic carbocycles. The SMILES string of the molecule is O=C(CN1CCN(c2cnccn2)CC1)N1CCN(C2CCCC2)CC1. The molecule has 1 amide bonds. The molecule has 142 valence electrons. The second-order valence-electron chi connectivity index (χ2n) is 7.68. The Labute approximate surface area is 156 Å². The monoisotopic (exact) mass is 358 g/mol. The minimum absolute atomic E-state index is 0.295. The summed E-state index contributed by atoms with van der Waals surface area (Å²) < 4.78 is 0. The Hall–Kier alpha value is -1.73. The summed E-state index contributed by atoms with van der Waals surface area (Å²) in [7, 11) is 0. The first-order valence-electron chi connectivity index (χ1n) is 10.0. The molecule has 0 aromatic carbocycles. The minimum atomic E-state index is 0.295. The van der Waals surface area contributed by atoms with E-state index in [1.807, 2.05) is 6.20 Å². The molecule has 3 aliphatic rings. The fraction of sp³-hybridized carbons (Fsp3) is 0.737. The summed E-state index contributed by atoms with van der Waals surface area (Å²) in [6.45, 7) is 8.08. The van der Waals surface area contributed by atoms with Gasteiger partial charge in [0.05, 0.1) is 12.7 Å². The first-order valence-corrected chi connectivity index (χ1v) is 10.0. The predicted octanol–water partition coefficient (Wildman–Crippen LogP) is 0.685. The van der Waals surface area contributed by atoms with E-state index in [1.165, 1.54) is 25.7 Å². The molecule has 1 aromatic heterocycles. The number of carbonyl (C=O) groups is 1. The number of piperazine rings is 2. The summed E-state index contributed by atoms with van der Waals surface area (Å²) in [5.41, 5.74) is 0. The van der Waals surface area contributed by atoms with Crippen LogP contribution in [0.4, 0.5) is 5.82 Å². The zero-order valence-corrected chi connectivity index (χ0v) is 15.6. The quantitative estimate of drug-likeness (QED) is 0.789. The van der Waals surface area contributed by atoms with Crippen molar-refractivity contribution in [3.05, 3.63) is 18.6 Å². The van der Waals surface area contributed by atoms with Gasteiger partial charge in [-0.2, -0.15) is 0 Å². The van der Waals surface area contributed by atoms with Crippen LogP contribution in [0.15, 0.2) is 18.6 Å². The van der Waals surface area contributed by atoms with Gasteiger partial charge in [-0.05, 0) is 12.8 Å². The Morgan fingerprint density at radius 1 is 0.962 bits per heavy atom. The molecule has 7 nitrogen and oxygen atoms in total. The number of aromatic nitrogens is 2. The molecule has 2 saturated heterocycles. The number of anilines is 1.